The number of aryl methyl sites for hydroxylation is 1. The summed E-state index contributed by atoms with van der Waals surface area (Å²) >= 11 is 0. The number of amides is 2. The molecule has 0 unspecified atom stereocenters. The Balaban J connectivity index is 1.48. The van der Waals surface area contributed by atoms with Crippen molar-refractivity contribution >= 4 is 24.9 Å². The molecule has 2 bridgehead atoms. The summed E-state index contributed by atoms with van der Waals surface area (Å²) < 4.78 is 27.0. The molecular weight excluding hydrogens is 558 g/mol. The second-order valence-corrected chi connectivity index (χ2v) is 13.3. The largest absolute Gasteiger partial charge is 0.481 e. The van der Waals surface area contributed by atoms with Crippen molar-refractivity contribution in [2.45, 2.75) is 97.3 Å². The zero-order valence-corrected chi connectivity index (χ0v) is 25.8. The van der Waals surface area contributed by atoms with Crippen LogP contribution in [-0.4, -0.2) is 60.2 Å². The van der Waals surface area contributed by atoms with E-state index in [0.717, 1.165) is 12.8 Å². The Morgan fingerprint density at radius 2 is 1.98 bits per heavy atom. The summed E-state index contributed by atoms with van der Waals surface area (Å²) in [7, 11) is -0.634. The Labute approximate surface area is 252 Å². The fourth-order valence-electron chi connectivity index (χ4n) is 7.02. The van der Waals surface area contributed by atoms with Gasteiger partial charge < -0.3 is 25.7 Å². The van der Waals surface area contributed by atoms with E-state index in [0.29, 0.717) is 30.2 Å². The van der Waals surface area contributed by atoms with Crippen LogP contribution in [-0.2, 0) is 14.1 Å². The lowest BCUT2D eigenvalue weighted by Crippen LogP contribution is -2.65. The fraction of sp³-hybridized carbons (Fsp3) is 0.690. The average molecular weight is 603 g/mol. The van der Waals surface area contributed by atoms with Crippen LogP contribution < -0.4 is 21.8 Å². The molecule has 3 saturated carbocycles. The van der Waals surface area contributed by atoms with Gasteiger partial charge in [0, 0.05) is 12.1 Å². The number of aliphatic imine (C=N–C) groups is 1. The highest BCUT2D eigenvalue weighted by Crippen LogP contribution is 2.65. The van der Waals surface area contributed by atoms with Gasteiger partial charge in [0.25, 0.3) is 11.9 Å². The van der Waals surface area contributed by atoms with Crippen molar-refractivity contribution in [1.82, 2.24) is 16.1 Å². The van der Waals surface area contributed by atoms with E-state index in [4.69, 9.17) is 15.0 Å². The van der Waals surface area contributed by atoms with Gasteiger partial charge in [-0.05, 0) is 92.9 Å². The molecule has 14 heteroatoms. The van der Waals surface area contributed by atoms with Crippen LogP contribution in [0, 0.1) is 46.0 Å². The third kappa shape index (κ3) is 7.12. The van der Waals surface area contributed by atoms with Gasteiger partial charge in [-0.2, -0.15) is 0 Å². The molecule has 12 nitrogen and oxygen atoms in total. The van der Waals surface area contributed by atoms with E-state index in [1.54, 1.807) is 12.3 Å². The molecule has 4 aliphatic rings. The summed E-state index contributed by atoms with van der Waals surface area (Å²) in [5, 5.41) is 15.6. The van der Waals surface area contributed by atoms with E-state index < -0.39 is 47.4 Å². The molecule has 43 heavy (non-hydrogen) atoms. The number of guanidine groups is 1. The van der Waals surface area contributed by atoms with Crippen LogP contribution in [0.1, 0.15) is 82.6 Å². The number of nitrogens with two attached hydrogens (primary N) is 1. The number of carbonyl (C=O) groups excluding carboxylic acids is 2. The SMILES string of the molecule is Cc1cc(C(=O)N[C@@H](CCCN=C(N)N[N+](=O)[O-])C(=O)N[C@@H](CC(C)C)B2O[C@@H]3C[C@H]4C[C@H](C4(C)C)[C@]3(C)O2)ccc1F. The lowest BCUT2D eigenvalue weighted by Gasteiger charge is -2.64. The van der Waals surface area contributed by atoms with Crippen LogP contribution in [0.3, 0.4) is 0 Å². The summed E-state index contributed by atoms with van der Waals surface area (Å²) in [5.41, 5.74) is 7.53. The van der Waals surface area contributed by atoms with Crippen LogP contribution in [0.25, 0.3) is 0 Å². The van der Waals surface area contributed by atoms with E-state index in [-0.39, 0.29) is 41.9 Å². The standard InChI is InChI=1S/C29H44BFN6O6/c1-16(2)12-24(30-42-23-15-19-14-22(28(19,4)5)29(23,6)43-30)35-26(39)21(8-7-11-33-27(32)36-37(40)41)34-25(38)18-9-10-20(31)17(3)13-18/h9-10,13,16,19,21-24H,7-8,11-12,14-15H2,1-6H3,(H,34,38)(H,35,39)(H3,32,33,36)/t19-,21+,22-,23-,24+,29+/m1/s1. The number of nitrogens with one attached hydrogen (secondary N) is 3. The zero-order valence-electron chi connectivity index (χ0n) is 25.8. The van der Waals surface area contributed by atoms with Gasteiger partial charge in [-0.1, -0.05) is 33.1 Å². The van der Waals surface area contributed by atoms with Gasteiger partial charge in [-0.3, -0.25) is 9.59 Å². The first-order valence-electron chi connectivity index (χ1n) is 15.0. The number of benzene rings is 1. The summed E-state index contributed by atoms with van der Waals surface area (Å²) in [6.07, 6.45) is 3.05. The molecular formula is C29H44BFN6O6. The monoisotopic (exact) mass is 602 g/mol. The van der Waals surface area contributed by atoms with Crippen LogP contribution in [0.5, 0.6) is 0 Å². The Morgan fingerprint density at radius 3 is 2.60 bits per heavy atom. The molecule has 0 spiro atoms. The van der Waals surface area contributed by atoms with Crippen LogP contribution >= 0.6 is 0 Å². The molecule has 3 aliphatic carbocycles. The van der Waals surface area contributed by atoms with Crippen LogP contribution in [0.2, 0.25) is 0 Å². The molecule has 1 heterocycles. The molecule has 6 atom stereocenters. The molecule has 2 amide bonds. The Hall–Kier alpha value is -3.26. The summed E-state index contributed by atoms with van der Waals surface area (Å²) in [6.45, 7) is 12.5. The predicted molar refractivity (Wildman–Crippen MR) is 160 cm³/mol. The van der Waals surface area contributed by atoms with Crippen molar-refractivity contribution < 1.29 is 28.3 Å². The predicted octanol–water partition coefficient (Wildman–Crippen LogP) is 2.91. The minimum atomic E-state index is -0.974. The number of hydrogen-bond acceptors (Lipinski definition) is 7. The molecule has 0 aromatic heterocycles. The number of hydrazine groups is 1. The lowest BCUT2D eigenvalue weighted by molar-refractivity contribution is -0.525. The molecule has 1 aromatic carbocycles. The molecule has 0 radical (unpaired) electrons. The maximum atomic E-state index is 13.8. The third-order valence-electron chi connectivity index (χ3n) is 9.53. The molecule has 1 aliphatic heterocycles. The Bertz CT molecular complexity index is 1260. The number of hydrogen-bond donors (Lipinski definition) is 4. The fourth-order valence-corrected chi connectivity index (χ4v) is 7.02. The van der Waals surface area contributed by atoms with Crippen LogP contribution in [0.15, 0.2) is 23.2 Å². The summed E-state index contributed by atoms with van der Waals surface area (Å²) in [5.74, 6) is -1.03. The molecule has 1 aromatic rings. The molecule has 236 valence electrons. The number of carbonyl (C=O) groups is 2. The third-order valence-corrected chi connectivity index (χ3v) is 9.53. The highest BCUT2D eigenvalue weighted by molar-refractivity contribution is 6.48. The van der Waals surface area contributed by atoms with Gasteiger partial charge in [0.15, 0.2) is 5.03 Å². The highest BCUT2D eigenvalue weighted by Gasteiger charge is 2.68. The summed E-state index contributed by atoms with van der Waals surface area (Å²) in [6, 6.07) is 3.01. The molecule has 4 fully saturated rings. The van der Waals surface area contributed by atoms with E-state index in [9.17, 15) is 24.1 Å². The Morgan fingerprint density at radius 1 is 1.26 bits per heavy atom. The second kappa shape index (κ2) is 12.8. The van der Waals surface area contributed by atoms with Crippen molar-refractivity contribution in [2.24, 2.45) is 33.9 Å². The highest BCUT2D eigenvalue weighted by atomic mass is 19.1. The first kappa shape index (κ1) is 32.7. The molecule has 5 rings (SSSR count). The van der Waals surface area contributed by atoms with Crippen molar-refractivity contribution in [3.8, 4) is 0 Å². The average Bonchev–Trinajstić information content (AvgIpc) is 3.27. The smallest absolute Gasteiger partial charge is 0.404 e. The minimum Gasteiger partial charge on any atom is -0.404 e. The second-order valence-electron chi connectivity index (χ2n) is 13.3. The maximum absolute atomic E-state index is 13.8. The number of rotatable bonds is 12. The van der Waals surface area contributed by atoms with Gasteiger partial charge in [-0.25, -0.2) is 19.5 Å². The van der Waals surface area contributed by atoms with Crippen molar-refractivity contribution in [1.29, 1.82) is 0 Å². The van der Waals surface area contributed by atoms with Gasteiger partial charge in [-0.15, -0.1) is 0 Å². The van der Waals surface area contributed by atoms with E-state index in [1.165, 1.54) is 18.2 Å². The van der Waals surface area contributed by atoms with E-state index >= 15 is 0 Å². The number of halogens is 1. The zero-order chi connectivity index (χ0) is 31.7. The first-order valence-corrected chi connectivity index (χ1v) is 15.0. The van der Waals surface area contributed by atoms with Crippen molar-refractivity contribution in [3.05, 3.63) is 45.3 Å². The number of nitrogens with zero attached hydrogens (tertiary/aromatic N) is 2. The van der Waals surface area contributed by atoms with Gasteiger partial charge >= 0.3 is 7.12 Å². The normalized spacial score (nSPS) is 27.1. The molecule has 1 saturated heterocycles. The summed E-state index contributed by atoms with van der Waals surface area (Å²) in [4.78, 5) is 41.4. The Kier molecular flexibility index (Phi) is 9.70. The topological polar surface area (TPSA) is 170 Å². The van der Waals surface area contributed by atoms with E-state index in [1.807, 2.05) is 0 Å². The van der Waals surface area contributed by atoms with Gasteiger partial charge in [0.1, 0.15) is 11.9 Å². The number of nitro groups is 1. The van der Waals surface area contributed by atoms with Gasteiger partial charge in [0.05, 0.1) is 17.6 Å². The van der Waals surface area contributed by atoms with Crippen molar-refractivity contribution in [3.63, 3.8) is 0 Å². The van der Waals surface area contributed by atoms with E-state index in [2.05, 4.69) is 50.2 Å². The lowest BCUT2D eigenvalue weighted by atomic mass is 9.43. The minimum absolute atomic E-state index is 0.0471. The first-order chi connectivity index (χ1) is 20.1. The van der Waals surface area contributed by atoms with Gasteiger partial charge in [0.2, 0.25) is 5.91 Å². The van der Waals surface area contributed by atoms with Crippen LogP contribution in [0.4, 0.5) is 4.39 Å². The van der Waals surface area contributed by atoms with Crippen molar-refractivity contribution in [2.75, 3.05) is 6.54 Å². The molecule has 5 N–H and O–H groups in total. The maximum Gasteiger partial charge on any atom is 0.481 e. The quantitative estimate of drug-likeness (QED) is 0.0707.